The minimum Gasteiger partial charge on any atom is -0.488 e. The molecule has 0 bridgehead atoms. The van der Waals surface area contributed by atoms with E-state index in [2.05, 4.69) is 27.7 Å². The Morgan fingerprint density at radius 3 is 1.18 bits per heavy atom. The lowest BCUT2D eigenvalue weighted by Crippen LogP contribution is -2.31. The lowest BCUT2D eigenvalue weighted by molar-refractivity contribution is -0.154. The summed E-state index contributed by atoms with van der Waals surface area (Å²) in [6, 6.07) is 15.9. The van der Waals surface area contributed by atoms with Crippen LogP contribution in [0.4, 0.5) is 0 Å². The van der Waals surface area contributed by atoms with Crippen molar-refractivity contribution in [2.45, 2.75) is 118 Å². The van der Waals surface area contributed by atoms with E-state index in [-0.39, 0.29) is 51.2 Å². The van der Waals surface area contributed by atoms with Crippen LogP contribution in [0, 0.1) is 11.8 Å². The van der Waals surface area contributed by atoms with Crippen molar-refractivity contribution in [3.05, 3.63) is 48.5 Å². The monoisotopic (exact) mass is 694 g/mol. The van der Waals surface area contributed by atoms with Crippen molar-refractivity contribution < 1.29 is 38.0 Å². The largest absolute Gasteiger partial charge is 0.488 e. The van der Waals surface area contributed by atoms with Gasteiger partial charge in [-0.1, -0.05) is 129 Å². The molecule has 4 atom stereocenters. The van der Waals surface area contributed by atoms with E-state index < -0.39 is 12.2 Å². The quantitative estimate of drug-likeness (QED) is 0.0606. The van der Waals surface area contributed by atoms with Crippen LogP contribution < -0.4 is 9.47 Å². The molecular weight excluding hydrogens is 632 g/mol. The highest BCUT2D eigenvalue weighted by Crippen LogP contribution is 2.43. The Morgan fingerprint density at radius 1 is 0.520 bits per heavy atom. The molecule has 4 unspecified atom stereocenters. The third kappa shape index (κ3) is 13.1. The molecule has 278 valence electrons. The van der Waals surface area contributed by atoms with E-state index in [4.69, 9.17) is 28.4 Å². The molecule has 0 fully saturated rings. The summed E-state index contributed by atoms with van der Waals surface area (Å²) in [6.45, 7) is 14.4. The number of esters is 2. The van der Waals surface area contributed by atoms with Gasteiger partial charge in [0, 0.05) is 47.6 Å². The van der Waals surface area contributed by atoms with Gasteiger partial charge in [-0.3, -0.25) is 9.59 Å². The van der Waals surface area contributed by atoms with Crippen LogP contribution in [0.1, 0.15) is 106 Å². The Morgan fingerprint density at radius 2 is 0.880 bits per heavy atom. The molecule has 8 nitrogen and oxygen atoms in total. The molecule has 0 aliphatic rings. The van der Waals surface area contributed by atoms with Crippen LogP contribution in [0.15, 0.2) is 48.5 Å². The average molecular weight is 695 g/mol. The van der Waals surface area contributed by atoms with Crippen molar-refractivity contribution in [3.63, 3.8) is 0 Å². The van der Waals surface area contributed by atoms with E-state index in [1.807, 2.05) is 48.5 Å². The SMILES string of the molecule is CCCCC(CC)COCC(COc1c2ccccc2c(OCC(COCC(CC)CCCC)OC(=O)CC)c2ccccc12)OC(=O)CC. The first-order valence-corrected chi connectivity index (χ1v) is 19.1. The minimum atomic E-state index is -0.553. The topological polar surface area (TPSA) is 89.5 Å². The molecular formula is C42H62O8. The highest BCUT2D eigenvalue weighted by molar-refractivity contribution is 6.11. The Bertz CT molecular complexity index is 1260. The standard InChI is InChI=1S/C42H62O8/c1-7-13-19-31(9-3)25-45-27-33(49-39(43)11-5)29-47-41-35-21-15-17-23-37(35)42(38-24-18-16-22-36(38)41)48-30-34(50-40(44)12-6)28-46-26-32(10-4)20-14-8-2/h15-18,21-24,31-34H,7-14,19-20,25-30H2,1-6H3. The van der Waals surface area contributed by atoms with Crippen LogP contribution in [0.3, 0.4) is 0 Å². The van der Waals surface area contributed by atoms with Gasteiger partial charge in [-0.25, -0.2) is 0 Å². The first kappa shape index (κ1) is 41.1. The number of unbranched alkanes of at least 4 members (excludes halogenated alkanes) is 2. The average Bonchev–Trinajstić information content (AvgIpc) is 3.14. The molecule has 0 radical (unpaired) electrons. The highest BCUT2D eigenvalue weighted by Gasteiger charge is 2.22. The molecule has 0 N–H and O–H groups in total. The Hall–Kier alpha value is -3.36. The summed E-state index contributed by atoms with van der Waals surface area (Å²) >= 11 is 0. The van der Waals surface area contributed by atoms with E-state index >= 15 is 0 Å². The van der Waals surface area contributed by atoms with Crippen molar-refractivity contribution in [2.75, 3.05) is 39.6 Å². The molecule has 0 amide bonds. The van der Waals surface area contributed by atoms with Gasteiger partial charge in [0.15, 0.2) is 12.2 Å². The van der Waals surface area contributed by atoms with Crippen molar-refractivity contribution in [1.82, 2.24) is 0 Å². The lowest BCUT2D eigenvalue weighted by Gasteiger charge is -2.23. The Balaban J connectivity index is 1.84. The zero-order chi connectivity index (χ0) is 36.1. The van der Waals surface area contributed by atoms with Gasteiger partial charge < -0.3 is 28.4 Å². The van der Waals surface area contributed by atoms with Gasteiger partial charge in [0.05, 0.1) is 13.2 Å². The van der Waals surface area contributed by atoms with Crippen LogP contribution in [-0.2, 0) is 28.5 Å². The number of fused-ring (bicyclic) bond motifs is 2. The number of ether oxygens (including phenoxy) is 6. The Labute approximate surface area is 300 Å². The van der Waals surface area contributed by atoms with Gasteiger partial charge >= 0.3 is 11.9 Å². The second-order valence-corrected chi connectivity index (χ2v) is 13.2. The third-order valence-corrected chi connectivity index (χ3v) is 9.23. The maximum atomic E-state index is 12.4. The van der Waals surface area contributed by atoms with Gasteiger partial charge in [0.1, 0.15) is 24.7 Å². The zero-order valence-corrected chi connectivity index (χ0v) is 31.5. The maximum absolute atomic E-state index is 12.4. The number of benzene rings is 3. The van der Waals surface area contributed by atoms with Crippen molar-refractivity contribution in [3.8, 4) is 11.5 Å². The predicted octanol–water partition coefficient (Wildman–Crippen LogP) is 9.86. The van der Waals surface area contributed by atoms with Gasteiger partial charge in [-0.05, 0) is 24.7 Å². The molecule has 3 aromatic carbocycles. The highest BCUT2D eigenvalue weighted by atomic mass is 16.6. The number of hydrogen-bond acceptors (Lipinski definition) is 8. The molecule has 0 saturated carbocycles. The second kappa shape index (κ2) is 23.2. The van der Waals surface area contributed by atoms with E-state index in [9.17, 15) is 9.59 Å². The van der Waals surface area contributed by atoms with Crippen LogP contribution in [0.5, 0.6) is 11.5 Å². The van der Waals surface area contributed by atoms with Gasteiger partial charge in [0.2, 0.25) is 0 Å². The fraction of sp³-hybridized carbons (Fsp3) is 0.619. The number of carbonyl (C=O) groups excluding carboxylic acids is 2. The van der Waals surface area contributed by atoms with Crippen LogP contribution in [0.25, 0.3) is 21.5 Å². The third-order valence-electron chi connectivity index (χ3n) is 9.23. The lowest BCUT2D eigenvalue weighted by atomic mass is 10.0. The van der Waals surface area contributed by atoms with Crippen molar-refractivity contribution in [1.29, 1.82) is 0 Å². The summed E-state index contributed by atoms with van der Waals surface area (Å²) < 4.78 is 36.9. The maximum Gasteiger partial charge on any atom is 0.305 e. The molecule has 0 aliphatic heterocycles. The molecule has 0 aliphatic carbocycles. The fourth-order valence-corrected chi connectivity index (χ4v) is 6.01. The number of carbonyl (C=O) groups is 2. The fourth-order valence-electron chi connectivity index (χ4n) is 6.01. The Kier molecular flexibility index (Phi) is 19.0. The van der Waals surface area contributed by atoms with Crippen molar-refractivity contribution in [2.24, 2.45) is 11.8 Å². The van der Waals surface area contributed by atoms with Crippen LogP contribution in [0.2, 0.25) is 0 Å². The number of hydrogen-bond donors (Lipinski definition) is 0. The summed E-state index contributed by atoms with van der Waals surface area (Å²) in [4.78, 5) is 24.8. The first-order chi connectivity index (χ1) is 24.4. The predicted molar refractivity (Wildman–Crippen MR) is 201 cm³/mol. The molecule has 0 saturated heterocycles. The summed E-state index contributed by atoms with van der Waals surface area (Å²) in [5.74, 6) is 1.76. The summed E-state index contributed by atoms with van der Waals surface area (Å²) in [7, 11) is 0. The molecule has 8 heteroatoms. The molecule has 3 rings (SSSR count). The van der Waals surface area contributed by atoms with Gasteiger partial charge in [-0.2, -0.15) is 0 Å². The van der Waals surface area contributed by atoms with Gasteiger partial charge in [-0.15, -0.1) is 0 Å². The molecule has 0 spiro atoms. The van der Waals surface area contributed by atoms with E-state index in [1.54, 1.807) is 13.8 Å². The minimum absolute atomic E-state index is 0.148. The first-order valence-electron chi connectivity index (χ1n) is 19.1. The smallest absolute Gasteiger partial charge is 0.305 e. The molecule has 50 heavy (non-hydrogen) atoms. The van der Waals surface area contributed by atoms with E-state index in [0.717, 1.165) is 60.1 Å². The molecule has 3 aromatic rings. The normalized spacial score (nSPS) is 13.9. The number of rotatable bonds is 26. The summed E-state index contributed by atoms with van der Waals surface area (Å²) in [5, 5.41) is 3.48. The van der Waals surface area contributed by atoms with Crippen molar-refractivity contribution >= 4 is 33.5 Å². The summed E-state index contributed by atoms with van der Waals surface area (Å²) in [5.41, 5.74) is 0. The molecule has 0 aromatic heterocycles. The summed E-state index contributed by atoms with van der Waals surface area (Å²) in [6.07, 6.45) is 8.48. The molecule has 0 heterocycles. The van der Waals surface area contributed by atoms with E-state index in [1.165, 1.54) is 12.8 Å². The van der Waals surface area contributed by atoms with Crippen LogP contribution >= 0.6 is 0 Å². The van der Waals surface area contributed by atoms with Gasteiger partial charge in [0.25, 0.3) is 0 Å². The zero-order valence-electron chi connectivity index (χ0n) is 31.5. The van der Waals surface area contributed by atoms with E-state index in [0.29, 0.717) is 36.5 Å². The second-order valence-electron chi connectivity index (χ2n) is 13.2. The van der Waals surface area contributed by atoms with Crippen LogP contribution in [-0.4, -0.2) is 63.8 Å².